The van der Waals surface area contributed by atoms with Crippen LogP contribution in [0.25, 0.3) is 0 Å². The normalized spacial score (nSPS) is 18.9. The Hall–Kier alpha value is -1.38. The van der Waals surface area contributed by atoms with Crippen molar-refractivity contribution < 1.29 is 98.0 Å². The number of allylic oxidation sites excluding steroid dienone is 1. The molecule has 0 aliphatic carbocycles. The molecule has 17 heteroatoms. The van der Waals surface area contributed by atoms with Crippen LogP contribution in [0.1, 0.15) is 5.69 Å². The number of amides is 2. The Morgan fingerprint density at radius 3 is 2.45 bits per heavy atom. The number of carbonyl (C=O) groups excluding carboxylic acids is 3. The van der Waals surface area contributed by atoms with E-state index in [1.807, 2.05) is 0 Å². The maximum Gasteiger partial charge on any atom is 1.00 e. The van der Waals surface area contributed by atoms with E-state index in [0.717, 1.165) is 16.2 Å². The van der Waals surface area contributed by atoms with E-state index in [9.17, 15) is 19.5 Å². The number of fused-ring (bicyclic) bond motifs is 1. The number of nitrogen functional groups attached to an aromatic ring is 1. The van der Waals surface area contributed by atoms with Crippen molar-refractivity contribution in [3.63, 3.8) is 0 Å². The number of hydrogen-bond acceptors (Lipinski definition) is 10. The predicted octanol–water partition coefficient (Wildman–Crippen LogP) is -7.80. The molecule has 1 fully saturated rings. The third kappa shape index (κ3) is 6.32. The molecule has 0 spiro atoms. The number of carboxylic acids is 1. The van der Waals surface area contributed by atoms with Crippen molar-refractivity contribution in [1.29, 1.82) is 0 Å². The Labute approximate surface area is 225 Å². The zero-order valence-corrected chi connectivity index (χ0v) is 20.8. The first-order valence-corrected chi connectivity index (χ1v) is 9.07. The van der Waals surface area contributed by atoms with Gasteiger partial charge in [0.1, 0.15) is 17.1 Å². The number of aromatic nitrogens is 1. The first kappa shape index (κ1) is 34.2. The summed E-state index contributed by atoms with van der Waals surface area (Å²) in [6.07, 6.45) is 1.36. The smallest absolute Gasteiger partial charge is 0.543 e. The molecule has 1 aromatic heterocycles. The van der Waals surface area contributed by atoms with Crippen molar-refractivity contribution in [2.24, 2.45) is 5.16 Å². The van der Waals surface area contributed by atoms with E-state index >= 15 is 0 Å². The molecule has 3 rings (SSSR count). The van der Waals surface area contributed by atoms with Crippen molar-refractivity contribution in [2.45, 2.75) is 11.4 Å². The topological polar surface area (TPSA) is 287 Å². The van der Waals surface area contributed by atoms with E-state index in [2.05, 4.69) is 22.0 Å². The minimum atomic E-state index is -1.49. The summed E-state index contributed by atoms with van der Waals surface area (Å²) in [4.78, 5) is 40.9. The molecule has 2 amide bonds. The summed E-state index contributed by atoms with van der Waals surface area (Å²) in [6, 6.07) is -0.971. The number of β-lactam (4-membered cyclic amide) rings is 1. The molecular formula is C14H20KN5O9S2. The first-order chi connectivity index (χ1) is 12.4. The number of carboxylic acid groups (broad SMARTS) is 1. The monoisotopic (exact) mass is 505 g/mol. The molecule has 168 valence electrons. The second kappa shape index (κ2) is 13.9. The van der Waals surface area contributed by atoms with Crippen LogP contribution in [0.15, 0.2) is 34.5 Å². The Bertz CT molecular complexity index is 891. The van der Waals surface area contributed by atoms with E-state index in [0.29, 0.717) is 11.3 Å². The number of anilines is 1. The number of nitrogens with two attached hydrogens (primary N) is 1. The average Bonchev–Trinajstić information content (AvgIpc) is 3.04. The summed E-state index contributed by atoms with van der Waals surface area (Å²) in [5.74, 6) is -2.62. The van der Waals surface area contributed by atoms with Gasteiger partial charge in [-0.3, -0.25) is 14.5 Å². The number of hydrogen-bond donors (Lipinski definition) is 3. The molecule has 2 aliphatic rings. The summed E-state index contributed by atoms with van der Waals surface area (Å²) in [6.45, 7) is 3.53. The Kier molecular flexibility index (Phi) is 15.4. The van der Waals surface area contributed by atoms with Crippen LogP contribution in [-0.2, 0) is 14.4 Å². The standard InChI is InChI=1S/C14H13N5O5S2.K.4H2O/c1-2-5-3-25-12-8(11(21)19(12)9(5)13(22)23)17-10(20)7(18-24)6-4-26-14(15)16-6;;;;;/h2,4,8,12,24H,1,3H2,(H2,15,16)(H,17,20)(H,22,23);;4*1H2/q;+1;;;;/p-1/b18-7-;;;;;/t8-,12-;;;;;/m1...../s1. The number of thiazole rings is 1. The fraction of sp³-hybridized carbons (Fsp3) is 0.214. The summed E-state index contributed by atoms with van der Waals surface area (Å²) in [7, 11) is 0. The average molecular weight is 506 g/mol. The zero-order valence-electron chi connectivity index (χ0n) is 16.0. The fourth-order valence-electron chi connectivity index (χ4n) is 2.61. The van der Waals surface area contributed by atoms with Crippen LogP contribution in [0.2, 0.25) is 0 Å². The molecule has 0 radical (unpaired) electrons. The number of nitrogens with one attached hydrogen (secondary N) is 1. The number of rotatable bonds is 5. The van der Waals surface area contributed by atoms with Crippen LogP contribution in [0.4, 0.5) is 5.13 Å². The molecule has 0 aromatic carbocycles. The van der Waals surface area contributed by atoms with Gasteiger partial charge in [-0.1, -0.05) is 17.8 Å². The summed E-state index contributed by atoms with van der Waals surface area (Å²) < 4.78 is 0. The van der Waals surface area contributed by atoms with Gasteiger partial charge in [0.05, 0.1) is 11.7 Å². The van der Waals surface area contributed by atoms with Crippen molar-refractivity contribution in [3.05, 3.63) is 35.0 Å². The number of nitrogens with zero attached hydrogens (tertiary/aromatic N) is 3. The van der Waals surface area contributed by atoms with Crippen LogP contribution in [0, 0.1) is 0 Å². The Morgan fingerprint density at radius 1 is 1.39 bits per heavy atom. The molecule has 14 nitrogen and oxygen atoms in total. The third-order valence-electron chi connectivity index (χ3n) is 3.80. The minimum Gasteiger partial charge on any atom is -0.543 e. The van der Waals surface area contributed by atoms with Gasteiger partial charge in [0, 0.05) is 11.1 Å². The molecule has 1 aromatic rings. The van der Waals surface area contributed by atoms with Crippen LogP contribution in [0.5, 0.6) is 0 Å². The summed E-state index contributed by atoms with van der Waals surface area (Å²) >= 11 is 2.33. The fourth-order valence-corrected chi connectivity index (χ4v) is 4.50. The Morgan fingerprint density at radius 2 is 2.00 bits per heavy atom. The number of aliphatic carboxylic acids is 1. The van der Waals surface area contributed by atoms with Crippen LogP contribution < -0.4 is 67.5 Å². The van der Waals surface area contributed by atoms with Crippen LogP contribution in [-0.4, -0.2) is 77.7 Å². The maximum absolute atomic E-state index is 12.4. The van der Waals surface area contributed by atoms with Gasteiger partial charge in [-0.25, -0.2) is 4.98 Å². The first-order valence-electron chi connectivity index (χ1n) is 7.15. The van der Waals surface area contributed by atoms with Gasteiger partial charge < -0.3 is 48.1 Å². The van der Waals surface area contributed by atoms with Gasteiger partial charge in [-0.05, 0) is 5.57 Å². The van der Waals surface area contributed by atoms with E-state index in [-0.39, 0.29) is 89.8 Å². The molecule has 2 atom stereocenters. The molecular weight excluding hydrogens is 485 g/mol. The molecule has 0 unspecified atom stereocenters. The molecule has 3 heterocycles. The van der Waals surface area contributed by atoms with Gasteiger partial charge in [0.15, 0.2) is 10.8 Å². The van der Waals surface area contributed by atoms with Crippen molar-refractivity contribution in [3.8, 4) is 0 Å². The number of oxime groups is 1. The van der Waals surface area contributed by atoms with Gasteiger partial charge in [-0.15, -0.1) is 23.1 Å². The molecule has 31 heavy (non-hydrogen) atoms. The van der Waals surface area contributed by atoms with Crippen molar-refractivity contribution in [1.82, 2.24) is 15.2 Å². The molecule has 1 saturated heterocycles. The largest absolute Gasteiger partial charge is 1.00 e. The van der Waals surface area contributed by atoms with E-state index in [1.54, 1.807) is 0 Å². The van der Waals surface area contributed by atoms with Crippen molar-refractivity contribution in [2.75, 3.05) is 11.5 Å². The SMILES string of the molecule is C=CC1=C(C(=O)[O-])N2C(=O)[C@@H](NC(=O)/C(=N\O)c3csc(N)n3)[C@H]2SC1.O.O.O.O.[K+]. The zero-order chi connectivity index (χ0) is 19.0. The van der Waals surface area contributed by atoms with Crippen LogP contribution in [0.3, 0.4) is 0 Å². The second-order valence-electron chi connectivity index (χ2n) is 5.25. The second-order valence-corrected chi connectivity index (χ2v) is 7.24. The maximum atomic E-state index is 12.4. The number of thioether (sulfide) groups is 1. The van der Waals surface area contributed by atoms with Crippen molar-refractivity contribution >= 4 is 51.7 Å². The van der Waals surface area contributed by atoms with Gasteiger partial charge in [0.25, 0.3) is 11.8 Å². The molecule has 12 N–H and O–H groups in total. The Balaban J connectivity index is -0.00000157. The predicted molar refractivity (Wildman–Crippen MR) is 107 cm³/mol. The van der Waals surface area contributed by atoms with Crippen LogP contribution >= 0.6 is 23.1 Å². The molecule has 0 saturated carbocycles. The summed E-state index contributed by atoms with van der Waals surface area (Å²) in [5.41, 5.74) is 5.29. The number of carbonyl (C=O) groups is 3. The minimum absolute atomic E-state index is 0. The molecule has 2 aliphatic heterocycles. The van der Waals surface area contributed by atoms with E-state index in [1.165, 1.54) is 23.2 Å². The third-order valence-corrected chi connectivity index (χ3v) is 5.78. The van der Waals surface area contributed by atoms with E-state index in [4.69, 9.17) is 10.9 Å². The van der Waals surface area contributed by atoms with Gasteiger partial charge in [0.2, 0.25) is 0 Å². The molecule has 0 bridgehead atoms. The quantitative estimate of drug-likeness (QED) is 0.113. The van der Waals surface area contributed by atoms with Gasteiger partial charge in [-0.2, -0.15) is 0 Å². The van der Waals surface area contributed by atoms with Gasteiger partial charge >= 0.3 is 51.4 Å². The summed E-state index contributed by atoms with van der Waals surface area (Å²) in [5, 5.41) is 26.8. The van der Waals surface area contributed by atoms with E-state index < -0.39 is 34.9 Å².